The summed E-state index contributed by atoms with van der Waals surface area (Å²) >= 11 is 3.01. The molecule has 1 aromatic rings. The molecule has 0 atom stereocenters. The Hall–Kier alpha value is -1.10. The van der Waals surface area contributed by atoms with Crippen molar-refractivity contribution in [2.24, 2.45) is 5.92 Å². The van der Waals surface area contributed by atoms with Crippen LogP contribution in [0, 0.1) is 11.7 Å². The van der Waals surface area contributed by atoms with Crippen LogP contribution in [0.25, 0.3) is 0 Å². The monoisotopic (exact) mass is 289 g/mol. The normalized spacial score (nSPS) is 10.3. The molecule has 0 aliphatic heterocycles. The molecule has 0 saturated carbocycles. The van der Waals surface area contributed by atoms with Crippen LogP contribution in [0.4, 0.5) is 9.18 Å². The van der Waals surface area contributed by atoms with Crippen LogP contribution in [0.3, 0.4) is 0 Å². The molecule has 0 aliphatic carbocycles. The number of ether oxygens (including phenoxy) is 1. The van der Waals surface area contributed by atoms with Gasteiger partial charge in [-0.1, -0.05) is 13.8 Å². The van der Waals surface area contributed by atoms with Crippen molar-refractivity contribution in [3.63, 3.8) is 0 Å². The van der Waals surface area contributed by atoms with E-state index in [1.54, 1.807) is 0 Å². The highest BCUT2D eigenvalue weighted by Gasteiger charge is 2.07. The van der Waals surface area contributed by atoms with Crippen LogP contribution >= 0.6 is 15.9 Å². The van der Waals surface area contributed by atoms with Gasteiger partial charge in [0, 0.05) is 12.6 Å². The Morgan fingerprint density at radius 3 is 2.81 bits per heavy atom. The molecule has 0 fully saturated rings. The van der Waals surface area contributed by atoms with Crippen molar-refractivity contribution in [3.8, 4) is 5.75 Å². The molecule has 5 heteroatoms. The molecule has 0 saturated heterocycles. The molecule has 0 heterocycles. The van der Waals surface area contributed by atoms with Crippen LogP contribution in [0.1, 0.15) is 13.8 Å². The van der Waals surface area contributed by atoms with E-state index < -0.39 is 11.9 Å². The number of halogens is 2. The minimum Gasteiger partial charge on any atom is -0.410 e. The molecule has 0 unspecified atom stereocenters. The molecule has 0 aromatic heterocycles. The number of carbonyl (C=O) groups excluding carboxylic acids is 1. The van der Waals surface area contributed by atoms with E-state index in [1.165, 1.54) is 12.1 Å². The van der Waals surface area contributed by atoms with Gasteiger partial charge in [-0.25, -0.2) is 9.18 Å². The maximum absolute atomic E-state index is 13.1. The smallest absolute Gasteiger partial charge is 0.410 e. The Labute approximate surface area is 102 Å². The average Bonchev–Trinajstić information content (AvgIpc) is 2.21. The highest BCUT2D eigenvalue weighted by atomic mass is 79.9. The second-order valence-corrected chi connectivity index (χ2v) is 4.59. The van der Waals surface area contributed by atoms with Gasteiger partial charge in [-0.15, -0.1) is 0 Å². The van der Waals surface area contributed by atoms with Gasteiger partial charge in [-0.05, 0) is 34.0 Å². The largest absolute Gasteiger partial charge is 0.412 e. The highest BCUT2D eigenvalue weighted by molar-refractivity contribution is 9.10. The van der Waals surface area contributed by atoms with Gasteiger partial charge in [0.1, 0.15) is 11.6 Å². The van der Waals surface area contributed by atoms with E-state index in [-0.39, 0.29) is 5.75 Å². The minimum absolute atomic E-state index is 0.182. The fourth-order valence-electron chi connectivity index (χ4n) is 0.971. The van der Waals surface area contributed by atoms with E-state index >= 15 is 0 Å². The summed E-state index contributed by atoms with van der Waals surface area (Å²) < 4.78 is 18.3. The third kappa shape index (κ3) is 4.18. The fraction of sp³-hybridized carbons (Fsp3) is 0.364. The predicted molar refractivity (Wildman–Crippen MR) is 63.0 cm³/mol. The Morgan fingerprint density at radius 2 is 2.25 bits per heavy atom. The van der Waals surface area contributed by atoms with Crippen LogP contribution in [-0.2, 0) is 0 Å². The van der Waals surface area contributed by atoms with E-state index in [1.807, 2.05) is 13.8 Å². The molecule has 88 valence electrons. The molecule has 0 aliphatic rings. The van der Waals surface area contributed by atoms with Crippen LogP contribution in [0.15, 0.2) is 22.7 Å². The van der Waals surface area contributed by atoms with Crippen molar-refractivity contribution in [1.29, 1.82) is 0 Å². The molecule has 0 spiro atoms. The van der Waals surface area contributed by atoms with Gasteiger partial charge in [-0.3, -0.25) is 0 Å². The lowest BCUT2D eigenvalue weighted by Gasteiger charge is -2.08. The second-order valence-electron chi connectivity index (χ2n) is 3.74. The lowest BCUT2D eigenvalue weighted by molar-refractivity contribution is 0.199. The first kappa shape index (κ1) is 13.0. The van der Waals surface area contributed by atoms with E-state index in [0.717, 1.165) is 6.07 Å². The topological polar surface area (TPSA) is 38.3 Å². The predicted octanol–water partition coefficient (Wildman–Crippen LogP) is 3.33. The Kier molecular flexibility index (Phi) is 4.73. The zero-order valence-corrected chi connectivity index (χ0v) is 10.7. The number of rotatable bonds is 3. The summed E-state index contributed by atoms with van der Waals surface area (Å²) in [7, 11) is 0. The standard InChI is InChI=1S/C11H13BrFNO2/c1-7(2)6-14-11(15)16-8-3-4-9(12)10(13)5-8/h3-5,7H,6H2,1-2H3,(H,14,15). The summed E-state index contributed by atoms with van der Waals surface area (Å²) in [4.78, 5) is 11.2. The summed E-state index contributed by atoms with van der Waals surface area (Å²) in [5.74, 6) is 0.0605. The van der Waals surface area contributed by atoms with E-state index in [9.17, 15) is 9.18 Å². The van der Waals surface area contributed by atoms with Crippen molar-refractivity contribution in [2.45, 2.75) is 13.8 Å². The molecule has 1 N–H and O–H groups in total. The quantitative estimate of drug-likeness (QED) is 0.927. The SMILES string of the molecule is CC(C)CNC(=O)Oc1ccc(Br)c(F)c1. The Balaban J connectivity index is 2.53. The first-order valence-corrected chi connectivity index (χ1v) is 5.69. The van der Waals surface area contributed by atoms with Gasteiger partial charge in [-0.2, -0.15) is 0 Å². The number of carbonyl (C=O) groups is 1. The second kappa shape index (κ2) is 5.84. The summed E-state index contributed by atoms with van der Waals surface area (Å²) in [5, 5.41) is 2.57. The third-order valence-corrected chi connectivity index (χ3v) is 2.40. The molecule has 3 nitrogen and oxygen atoms in total. The summed E-state index contributed by atoms with van der Waals surface area (Å²) in [6, 6.07) is 4.15. The zero-order chi connectivity index (χ0) is 12.1. The maximum atomic E-state index is 13.1. The molecule has 16 heavy (non-hydrogen) atoms. The minimum atomic E-state index is -0.574. The van der Waals surface area contributed by atoms with E-state index in [2.05, 4.69) is 21.2 Å². The van der Waals surface area contributed by atoms with Crippen LogP contribution in [0.5, 0.6) is 5.75 Å². The van der Waals surface area contributed by atoms with Crippen molar-refractivity contribution in [3.05, 3.63) is 28.5 Å². The Bertz CT molecular complexity index is 382. The van der Waals surface area contributed by atoms with Crippen LogP contribution in [0.2, 0.25) is 0 Å². The van der Waals surface area contributed by atoms with Gasteiger partial charge in [0.2, 0.25) is 0 Å². The number of benzene rings is 1. The highest BCUT2D eigenvalue weighted by Crippen LogP contribution is 2.20. The number of amides is 1. The lowest BCUT2D eigenvalue weighted by Crippen LogP contribution is -2.30. The van der Waals surface area contributed by atoms with Gasteiger partial charge in [0.05, 0.1) is 4.47 Å². The van der Waals surface area contributed by atoms with Gasteiger partial charge in [0.15, 0.2) is 0 Å². The summed E-state index contributed by atoms with van der Waals surface area (Å²) in [5.41, 5.74) is 0. The summed E-state index contributed by atoms with van der Waals surface area (Å²) in [6.07, 6.45) is -0.574. The van der Waals surface area contributed by atoms with E-state index in [0.29, 0.717) is 16.9 Å². The first-order valence-electron chi connectivity index (χ1n) is 4.89. The van der Waals surface area contributed by atoms with Crippen LogP contribution < -0.4 is 10.1 Å². The fourth-order valence-corrected chi connectivity index (χ4v) is 1.22. The van der Waals surface area contributed by atoms with Crippen LogP contribution in [-0.4, -0.2) is 12.6 Å². The number of hydrogen-bond acceptors (Lipinski definition) is 2. The van der Waals surface area contributed by atoms with Crippen molar-refractivity contribution < 1.29 is 13.9 Å². The molecular formula is C11H13BrFNO2. The molecule has 1 amide bonds. The lowest BCUT2D eigenvalue weighted by atomic mass is 10.2. The third-order valence-electron chi connectivity index (χ3n) is 1.76. The van der Waals surface area contributed by atoms with Gasteiger partial charge in [0.25, 0.3) is 0 Å². The zero-order valence-electron chi connectivity index (χ0n) is 9.09. The molecular weight excluding hydrogens is 277 g/mol. The van der Waals surface area contributed by atoms with Crippen molar-refractivity contribution >= 4 is 22.0 Å². The average molecular weight is 290 g/mol. The van der Waals surface area contributed by atoms with E-state index in [4.69, 9.17) is 4.74 Å². The van der Waals surface area contributed by atoms with Gasteiger partial charge < -0.3 is 10.1 Å². The molecule has 1 aromatic carbocycles. The maximum Gasteiger partial charge on any atom is 0.412 e. The first-order chi connectivity index (χ1) is 7.49. The Morgan fingerprint density at radius 1 is 1.56 bits per heavy atom. The van der Waals surface area contributed by atoms with Gasteiger partial charge >= 0.3 is 6.09 Å². The molecule has 0 radical (unpaired) electrons. The van der Waals surface area contributed by atoms with Crippen molar-refractivity contribution in [2.75, 3.05) is 6.54 Å². The summed E-state index contributed by atoms with van der Waals surface area (Å²) in [6.45, 7) is 4.47. The number of nitrogens with one attached hydrogen (secondary N) is 1. The van der Waals surface area contributed by atoms with Crippen molar-refractivity contribution in [1.82, 2.24) is 5.32 Å². The number of hydrogen-bond donors (Lipinski definition) is 1. The molecule has 0 bridgehead atoms. The molecule has 1 rings (SSSR count).